The van der Waals surface area contributed by atoms with Crippen molar-refractivity contribution in [2.75, 3.05) is 0 Å². The van der Waals surface area contributed by atoms with E-state index in [4.69, 9.17) is 0 Å². The highest BCUT2D eigenvalue weighted by Gasteiger charge is 2.45. The van der Waals surface area contributed by atoms with E-state index in [1.165, 1.54) is 12.8 Å². The molecule has 9 heavy (non-hydrogen) atoms. The van der Waals surface area contributed by atoms with Crippen LogP contribution >= 0.6 is 0 Å². The Morgan fingerprint density at radius 2 is 2.33 bits per heavy atom. The summed E-state index contributed by atoms with van der Waals surface area (Å²) in [5.41, 5.74) is 0.238. The summed E-state index contributed by atoms with van der Waals surface area (Å²) in [6.45, 7) is 5.53. The molecule has 0 aliphatic heterocycles. The molecule has 0 aromatic carbocycles. The molecule has 1 unspecified atom stereocenters. The van der Waals surface area contributed by atoms with E-state index in [-0.39, 0.29) is 11.5 Å². The van der Waals surface area contributed by atoms with Gasteiger partial charge in [-0.15, -0.1) is 6.58 Å². The second-order valence-corrected chi connectivity index (χ2v) is 3.03. The monoisotopic (exact) mass is 126 g/mol. The normalized spacial score (nSPS) is 25.1. The molecule has 0 spiro atoms. The zero-order valence-corrected chi connectivity index (χ0v) is 5.93. The summed E-state index contributed by atoms with van der Waals surface area (Å²) < 4.78 is 0. The van der Waals surface area contributed by atoms with Crippen LogP contribution in [0.4, 0.5) is 0 Å². The van der Waals surface area contributed by atoms with Gasteiger partial charge in [-0.05, 0) is 31.6 Å². The third-order valence-corrected chi connectivity index (χ3v) is 2.33. The number of hydrogen-bond donors (Lipinski definition) is 1. The molecule has 0 aromatic rings. The van der Waals surface area contributed by atoms with Gasteiger partial charge in [0, 0.05) is 0 Å². The van der Waals surface area contributed by atoms with Crippen LogP contribution < -0.4 is 0 Å². The molecule has 1 N–H and O–H groups in total. The van der Waals surface area contributed by atoms with Crippen LogP contribution in [0.15, 0.2) is 12.7 Å². The molecule has 1 heteroatoms. The third kappa shape index (κ3) is 1.16. The highest BCUT2D eigenvalue weighted by atomic mass is 16.3. The summed E-state index contributed by atoms with van der Waals surface area (Å²) in [7, 11) is 0. The van der Waals surface area contributed by atoms with Crippen LogP contribution in [-0.4, -0.2) is 11.2 Å². The first-order valence-electron chi connectivity index (χ1n) is 3.50. The molecule has 0 amide bonds. The highest BCUT2D eigenvalue weighted by Crippen LogP contribution is 2.51. The van der Waals surface area contributed by atoms with E-state index in [9.17, 15) is 5.11 Å². The second-order valence-electron chi connectivity index (χ2n) is 3.03. The molecule has 1 rings (SSSR count). The minimum Gasteiger partial charge on any atom is -0.393 e. The fraction of sp³-hybridized carbons (Fsp3) is 0.750. The van der Waals surface area contributed by atoms with Crippen molar-refractivity contribution in [2.45, 2.75) is 32.3 Å². The summed E-state index contributed by atoms with van der Waals surface area (Å²) >= 11 is 0. The minimum absolute atomic E-state index is 0.143. The topological polar surface area (TPSA) is 20.2 Å². The number of aliphatic hydroxyl groups is 1. The molecule has 0 radical (unpaired) electrons. The number of aliphatic hydroxyl groups excluding tert-OH is 1. The molecule has 0 aromatic heterocycles. The van der Waals surface area contributed by atoms with Gasteiger partial charge < -0.3 is 5.11 Å². The Labute approximate surface area is 56.4 Å². The minimum atomic E-state index is -0.143. The fourth-order valence-electron chi connectivity index (χ4n) is 1.24. The number of rotatable bonds is 3. The van der Waals surface area contributed by atoms with Crippen molar-refractivity contribution in [1.29, 1.82) is 0 Å². The lowest BCUT2D eigenvalue weighted by atomic mass is 9.97. The van der Waals surface area contributed by atoms with Crippen LogP contribution in [0, 0.1) is 5.41 Å². The molecular formula is C8H14O. The Morgan fingerprint density at radius 1 is 1.78 bits per heavy atom. The third-order valence-electron chi connectivity index (χ3n) is 2.33. The number of allylic oxidation sites excluding steroid dienone is 1. The molecular weight excluding hydrogens is 112 g/mol. The van der Waals surface area contributed by atoms with Gasteiger partial charge in [-0.2, -0.15) is 0 Å². The quantitative estimate of drug-likeness (QED) is 0.571. The average molecular weight is 126 g/mol. The van der Waals surface area contributed by atoms with Crippen molar-refractivity contribution in [3.05, 3.63) is 12.7 Å². The van der Waals surface area contributed by atoms with Gasteiger partial charge in [0.25, 0.3) is 0 Å². The zero-order valence-electron chi connectivity index (χ0n) is 5.93. The lowest BCUT2D eigenvalue weighted by Gasteiger charge is -2.15. The van der Waals surface area contributed by atoms with Crippen LogP contribution in [0.25, 0.3) is 0 Å². The van der Waals surface area contributed by atoms with Gasteiger partial charge in [0.05, 0.1) is 6.10 Å². The Morgan fingerprint density at radius 3 is 2.44 bits per heavy atom. The SMILES string of the molecule is C=CCC1(C(C)O)CC1. The van der Waals surface area contributed by atoms with E-state index in [0.29, 0.717) is 0 Å². The maximum absolute atomic E-state index is 9.23. The van der Waals surface area contributed by atoms with Crippen molar-refractivity contribution < 1.29 is 5.11 Å². The van der Waals surface area contributed by atoms with Gasteiger partial charge in [-0.3, -0.25) is 0 Å². The number of hydrogen-bond acceptors (Lipinski definition) is 1. The summed E-state index contributed by atoms with van der Waals surface area (Å²) in [5, 5.41) is 9.23. The summed E-state index contributed by atoms with van der Waals surface area (Å²) in [6, 6.07) is 0. The van der Waals surface area contributed by atoms with E-state index in [1.807, 2.05) is 13.0 Å². The predicted octanol–water partition coefficient (Wildman–Crippen LogP) is 1.72. The van der Waals surface area contributed by atoms with Gasteiger partial charge >= 0.3 is 0 Å². The summed E-state index contributed by atoms with van der Waals surface area (Å²) in [4.78, 5) is 0. The first-order chi connectivity index (χ1) is 4.21. The van der Waals surface area contributed by atoms with Crippen molar-refractivity contribution in [3.63, 3.8) is 0 Å². The molecule has 52 valence electrons. The standard InChI is InChI=1S/C8H14O/c1-3-4-8(5-6-8)7(2)9/h3,7,9H,1,4-6H2,2H3. The highest BCUT2D eigenvalue weighted by molar-refractivity contribution is 5.00. The van der Waals surface area contributed by atoms with Crippen molar-refractivity contribution in [3.8, 4) is 0 Å². The van der Waals surface area contributed by atoms with Gasteiger partial charge in [0.15, 0.2) is 0 Å². The molecule has 0 saturated heterocycles. The van der Waals surface area contributed by atoms with Gasteiger partial charge in [-0.1, -0.05) is 6.08 Å². The first kappa shape index (κ1) is 6.81. The second kappa shape index (κ2) is 2.14. The Kier molecular flexibility index (Phi) is 1.62. The molecule has 1 saturated carbocycles. The summed E-state index contributed by atoms with van der Waals surface area (Å²) in [5.74, 6) is 0. The van der Waals surface area contributed by atoms with Crippen LogP contribution in [0.3, 0.4) is 0 Å². The maximum Gasteiger partial charge on any atom is 0.0571 e. The van der Waals surface area contributed by atoms with E-state index in [0.717, 1.165) is 6.42 Å². The van der Waals surface area contributed by atoms with Crippen LogP contribution in [0.5, 0.6) is 0 Å². The zero-order chi connectivity index (χ0) is 6.91. The van der Waals surface area contributed by atoms with E-state index < -0.39 is 0 Å². The van der Waals surface area contributed by atoms with E-state index >= 15 is 0 Å². The molecule has 0 bridgehead atoms. The molecule has 1 atom stereocenters. The Bertz CT molecular complexity index is 112. The van der Waals surface area contributed by atoms with Gasteiger partial charge in [-0.25, -0.2) is 0 Å². The van der Waals surface area contributed by atoms with Crippen LogP contribution in [-0.2, 0) is 0 Å². The van der Waals surface area contributed by atoms with Crippen LogP contribution in [0.2, 0.25) is 0 Å². The molecule has 1 aliphatic carbocycles. The van der Waals surface area contributed by atoms with Crippen molar-refractivity contribution in [1.82, 2.24) is 0 Å². The van der Waals surface area contributed by atoms with Crippen molar-refractivity contribution >= 4 is 0 Å². The first-order valence-corrected chi connectivity index (χ1v) is 3.50. The predicted molar refractivity (Wildman–Crippen MR) is 38.2 cm³/mol. The van der Waals surface area contributed by atoms with Gasteiger partial charge in [0.1, 0.15) is 0 Å². The van der Waals surface area contributed by atoms with Crippen molar-refractivity contribution in [2.24, 2.45) is 5.41 Å². The Hall–Kier alpha value is -0.300. The molecule has 1 aliphatic rings. The Balaban J connectivity index is 2.42. The fourth-order valence-corrected chi connectivity index (χ4v) is 1.24. The van der Waals surface area contributed by atoms with E-state index in [2.05, 4.69) is 6.58 Å². The average Bonchev–Trinajstić information content (AvgIpc) is 2.49. The van der Waals surface area contributed by atoms with Gasteiger partial charge in [0.2, 0.25) is 0 Å². The molecule has 1 nitrogen and oxygen atoms in total. The maximum atomic E-state index is 9.23. The van der Waals surface area contributed by atoms with E-state index in [1.54, 1.807) is 0 Å². The molecule has 0 heterocycles. The lowest BCUT2D eigenvalue weighted by Crippen LogP contribution is -2.16. The smallest absolute Gasteiger partial charge is 0.0571 e. The lowest BCUT2D eigenvalue weighted by molar-refractivity contribution is 0.112. The summed E-state index contributed by atoms with van der Waals surface area (Å²) in [6.07, 6.45) is 5.09. The van der Waals surface area contributed by atoms with Crippen LogP contribution in [0.1, 0.15) is 26.2 Å². The molecule has 1 fully saturated rings. The largest absolute Gasteiger partial charge is 0.393 e.